The number of allylic oxidation sites excluding steroid dienone is 1. The maximum absolute atomic E-state index is 14.7. The Bertz CT molecular complexity index is 1140. The molecular formula is C34H48N2O6. The minimum Gasteiger partial charge on any atom is -0.465 e. The van der Waals surface area contributed by atoms with Crippen molar-refractivity contribution in [3.05, 3.63) is 61.2 Å². The fourth-order valence-electron chi connectivity index (χ4n) is 7.48. The predicted octanol–water partition coefficient (Wildman–Crippen LogP) is 4.66. The first-order valence-electron chi connectivity index (χ1n) is 15.6. The van der Waals surface area contributed by atoms with Gasteiger partial charge in [0, 0.05) is 13.1 Å². The van der Waals surface area contributed by atoms with Crippen LogP contribution in [0.1, 0.15) is 71.3 Å². The average Bonchev–Trinajstić information content (AvgIpc) is 3.61. The van der Waals surface area contributed by atoms with Crippen molar-refractivity contribution in [3.8, 4) is 0 Å². The third-order valence-corrected chi connectivity index (χ3v) is 9.88. The second-order valence-corrected chi connectivity index (χ2v) is 12.2. The number of carbonyl (C=O) groups excluding carboxylic acids is 3. The van der Waals surface area contributed by atoms with Crippen molar-refractivity contribution in [1.82, 2.24) is 9.80 Å². The van der Waals surface area contributed by atoms with Crippen LogP contribution in [-0.4, -0.2) is 75.7 Å². The van der Waals surface area contributed by atoms with Crippen LogP contribution in [0.2, 0.25) is 0 Å². The Morgan fingerprint density at radius 1 is 1.19 bits per heavy atom. The smallest absolute Gasteiger partial charge is 0.312 e. The Morgan fingerprint density at radius 2 is 1.93 bits per heavy atom. The summed E-state index contributed by atoms with van der Waals surface area (Å²) in [5, 5.41) is 10.6. The van der Waals surface area contributed by atoms with Gasteiger partial charge < -0.3 is 24.4 Å². The Labute approximate surface area is 250 Å². The number of carbonyl (C=O) groups is 3. The van der Waals surface area contributed by atoms with Crippen LogP contribution in [0.5, 0.6) is 0 Å². The van der Waals surface area contributed by atoms with Gasteiger partial charge in [-0.25, -0.2) is 0 Å². The number of unbranched alkanes of at least 4 members (excludes halogenated alkanes) is 2. The predicted molar refractivity (Wildman–Crippen MR) is 161 cm³/mol. The molecule has 0 radical (unpaired) electrons. The molecule has 3 heterocycles. The van der Waals surface area contributed by atoms with Gasteiger partial charge in [-0.1, -0.05) is 69.7 Å². The molecule has 1 aromatic carbocycles. The van der Waals surface area contributed by atoms with Crippen LogP contribution in [0.3, 0.4) is 0 Å². The molecule has 0 aromatic heterocycles. The van der Waals surface area contributed by atoms with Crippen molar-refractivity contribution in [2.24, 2.45) is 17.8 Å². The summed E-state index contributed by atoms with van der Waals surface area (Å²) < 4.78 is 12.7. The van der Waals surface area contributed by atoms with Crippen molar-refractivity contribution < 1.29 is 29.0 Å². The molecule has 230 valence electrons. The van der Waals surface area contributed by atoms with Crippen LogP contribution in [0.4, 0.5) is 0 Å². The zero-order valence-corrected chi connectivity index (χ0v) is 25.5. The number of amides is 2. The summed E-state index contributed by atoms with van der Waals surface area (Å²) in [6, 6.07) is 8.15. The lowest BCUT2D eigenvalue weighted by Gasteiger charge is -2.41. The number of hydrogen-bond acceptors (Lipinski definition) is 6. The summed E-state index contributed by atoms with van der Waals surface area (Å²) in [5.41, 5.74) is -1.08. The highest BCUT2D eigenvalue weighted by Gasteiger charge is 2.79. The van der Waals surface area contributed by atoms with E-state index in [1.54, 1.807) is 15.9 Å². The van der Waals surface area contributed by atoms with Gasteiger partial charge in [-0.2, -0.15) is 0 Å². The van der Waals surface area contributed by atoms with E-state index in [2.05, 4.69) is 13.2 Å². The number of esters is 1. The van der Waals surface area contributed by atoms with Gasteiger partial charge in [0.15, 0.2) is 0 Å². The maximum atomic E-state index is 14.7. The minimum absolute atomic E-state index is 0.0703. The number of nitrogens with zero attached hydrogens (tertiary/aromatic N) is 2. The molecule has 2 unspecified atom stereocenters. The summed E-state index contributed by atoms with van der Waals surface area (Å²) >= 11 is 0. The molecule has 0 saturated carbocycles. The number of fused-ring (bicyclic) bond motifs is 1. The number of rotatable bonds is 16. The first-order valence-corrected chi connectivity index (χ1v) is 15.6. The van der Waals surface area contributed by atoms with Crippen LogP contribution in [0.25, 0.3) is 0 Å². The van der Waals surface area contributed by atoms with E-state index < -0.39 is 41.1 Å². The Balaban J connectivity index is 1.75. The van der Waals surface area contributed by atoms with Crippen LogP contribution in [-0.2, 0) is 30.4 Å². The zero-order valence-electron chi connectivity index (χ0n) is 25.5. The van der Waals surface area contributed by atoms with E-state index >= 15 is 0 Å². The van der Waals surface area contributed by atoms with E-state index in [0.717, 1.165) is 18.4 Å². The third kappa shape index (κ3) is 5.55. The highest BCUT2D eigenvalue weighted by molar-refractivity contribution is 5.98. The van der Waals surface area contributed by atoms with Gasteiger partial charge in [-0.05, 0) is 50.0 Å². The molecule has 2 amide bonds. The molecule has 7 atom stereocenters. The van der Waals surface area contributed by atoms with E-state index in [9.17, 15) is 19.5 Å². The topological polar surface area (TPSA) is 96.4 Å². The minimum atomic E-state index is -1.17. The second kappa shape index (κ2) is 13.6. The monoisotopic (exact) mass is 580 g/mol. The summed E-state index contributed by atoms with van der Waals surface area (Å²) in [5.74, 6) is -2.70. The van der Waals surface area contributed by atoms with Crippen molar-refractivity contribution in [1.29, 1.82) is 0 Å². The lowest BCUT2D eigenvalue weighted by atomic mass is 9.65. The maximum Gasteiger partial charge on any atom is 0.312 e. The Hall–Kier alpha value is -2.97. The molecule has 1 spiro atoms. The molecule has 0 aliphatic carbocycles. The molecule has 1 N–H and O–H groups in total. The van der Waals surface area contributed by atoms with Crippen LogP contribution in [0.15, 0.2) is 55.6 Å². The molecule has 4 rings (SSSR count). The van der Waals surface area contributed by atoms with Gasteiger partial charge in [-0.15, -0.1) is 13.2 Å². The Morgan fingerprint density at radius 3 is 2.55 bits per heavy atom. The van der Waals surface area contributed by atoms with E-state index in [-0.39, 0.29) is 37.5 Å². The number of hydrogen-bond donors (Lipinski definition) is 1. The highest BCUT2D eigenvalue weighted by Crippen LogP contribution is 2.65. The van der Waals surface area contributed by atoms with Crippen LogP contribution in [0, 0.1) is 17.8 Å². The van der Waals surface area contributed by atoms with Gasteiger partial charge in [0.2, 0.25) is 11.8 Å². The molecule has 3 saturated heterocycles. The normalized spacial score (nSPS) is 29.2. The molecule has 3 aliphatic rings. The van der Waals surface area contributed by atoms with Crippen molar-refractivity contribution >= 4 is 17.8 Å². The largest absolute Gasteiger partial charge is 0.465 e. The molecule has 1 aromatic rings. The van der Waals surface area contributed by atoms with Gasteiger partial charge in [0.05, 0.1) is 30.8 Å². The van der Waals surface area contributed by atoms with Crippen LogP contribution < -0.4 is 0 Å². The Kier molecular flexibility index (Phi) is 10.3. The lowest BCUT2D eigenvalue weighted by Crippen LogP contribution is -2.59. The molecular weight excluding hydrogens is 532 g/mol. The summed E-state index contributed by atoms with van der Waals surface area (Å²) in [6.45, 7) is 14.2. The van der Waals surface area contributed by atoms with Crippen LogP contribution >= 0.6 is 0 Å². The highest BCUT2D eigenvalue weighted by atomic mass is 16.6. The molecule has 3 aliphatic heterocycles. The summed E-state index contributed by atoms with van der Waals surface area (Å²) in [4.78, 5) is 46.3. The standard InChI is InChI=1S/C34H48N2O6/c1-6-10-11-15-21-41-32(40)28-27-30(38)36(26(23-37)24(5)8-3)29(34(27)19-18-33(28,9-4)42-34)31(39)35(20-7-2)22-25-16-13-12-14-17-25/h6-7,12-14,16-17,24,26-29,37H,1-2,8-11,15,18-23H2,3-5H3/t24-,26-,27-,28+,29?,33-,34?/m0/s1. The second-order valence-electron chi connectivity index (χ2n) is 12.2. The van der Waals surface area contributed by atoms with Crippen molar-refractivity contribution in [2.45, 2.75) is 95.5 Å². The summed E-state index contributed by atoms with van der Waals surface area (Å²) in [7, 11) is 0. The zero-order chi connectivity index (χ0) is 30.5. The number of likely N-dealkylation sites (tertiary alicyclic amines) is 1. The average molecular weight is 581 g/mol. The quantitative estimate of drug-likeness (QED) is 0.174. The van der Waals surface area contributed by atoms with Crippen molar-refractivity contribution in [2.75, 3.05) is 19.8 Å². The van der Waals surface area contributed by atoms with Gasteiger partial charge in [0.25, 0.3) is 0 Å². The fraction of sp³-hybridized carbons (Fsp3) is 0.618. The third-order valence-electron chi connectivity index (χ3n) is 9.88. The first-order chi connectivity index (χ1) is 20.2. The first kappa shape index (κ1) is 32.0. The molecule has 42 heavy (non-hydrogen) atoms. The summed E-state index contributed by atoms with van der Waals surface area (Å²) in [6.07, 6.45) is 8.23. The van der Waals surface area contributed by atoms with Gasteiger partial charge >= 0.3 is 5.97 Å². The van der Waals surface area contributed by atoms with E-state index in [1.165, 1.54) is 0 Å². The molecule has 8 heteroatoms. The number of aliphatic hydroxyl groups is 1. The van der Waals surface area contributed by atoms with Crippen molar-refractivity contribution in [3.63, 3.8) is 0 Å². The molecule has 3 fully saturated rings. The van der Waals surface area contributed by atoms with Gasteiger partial charge in [0.1, 0.15) is 17.6 Å². The fourth-order valence-corrected chi connectivity index (χ4v) is 7.48. The number of ether oxygens (including phenoxy) is 2. The van der Waals surface area contributed by atoms with E-state index in [0.29, 0.717) is 38.6 Å². The van der Waals surface area contributed by atoms with E-state index in [4.69, 9.17) is 9.47 Å². The molecule has 2 bridgehead atoms. The SMILES string of the molecule is C=CCCCCOC(=O)[C@H]1[C@H]2C(=O)N([C@@H](CO)[C@@H](C)CC)C(C(=O)N(CC=C)Cc3ccccc3)C23CC[C@]1(CC)O3. The number of benzene rings is 1. The number of aliphatic hydroxyl groups excluding tert-OH is 1. The van der Waals surface area contributed by atoms with Gasteiger partial charge in [-0.3, -0.25) is 14.4 Å². The van der Waals surface area contributed by atoms with E-state index in [1.807, 2.05) is 57.2 Å². The lowest BCUT2D eigenvalue weighted by molar-refractivity contribution is -0.164. The molecule has 8 nitrogen and oxygen atoms in total.